The number of aromatic nitrogens is 2. The Kier molecular flexibility index (Phi) is 6.39. The lowest BCUT2D eigenvalue weighted by Gasteiger charge is -2.54. The number of amides is 2. The van der Waals surface area contributed by atoms with Crippen LogP contribution in [0.1, 0.15) is 72.8 Å². The van der Waals surface area contributed by atoms with Gasteiger partial charge in [-0.2, -0.15) is 0 Å². The van der Waals surface area contributed by atoms with Crippen molar-refractivity contribution < 1.29 is 14.3 Å². The van der Waals surface area contributed by atoms with Gasteiger partial charge in [0.2, 0.25) is 11.0 Å². The van der Waals surface area contributed by atoms with Crippen LogP contribution in [0.2, 0.25) is 0 Å². The molecule has 1 spiro atoms. The average molecular weight is 443 g/mol. The number of anilines is 1. The first-order chi connectivity index (χ1) is 15.0. The first-order valence-corrected chi connectivity index (χ1v) is 11.8. The maximum absolute atomic E-state index is 13.8. The van der Waals surface area contributed by atoms with Gasteiger partial charge in [0.25, 0.3) is 5.91 Å². The summed E-state index contributed by atoms with van der Waals surface area (Å²) in [4.78, 5) is 29.4. The highest BCUT2D eigenvalue weighted by atomic mass is 32.1. The molecule has 0 unspecified atom stereocenters. The molecule has 1 aromatic carbocycles. The minimum absolute atomic E-state index is 0.0496. The minimum atomic E-state index is -0.502. The fraction of sp³-hybridized carbons (Fsp3) is 0.565. The quantitative estimate of drug-likeness (QED) is 0.724. The molecule has 1 fully saturated rings. The second-order valence-corrected chi connectivity index (χ2v) is 9.98. The van der Waals surface area contributed by atoms with E-state index in [9.17, 15) is 9.59 Å². The molecule has 0 bridgehead atoms. The van der Waals surface area contributed by atoms with E-state index in [2.05, 4.69) is 29.4 Å². The molecule has 1 aromatic heterocycles. The molecule has 31 heavy (non-hydrogen) atoms. The number of nitrogens with zero attached hydrogens (tertiary/aromatic N) is 3. The highest BCUT2D eigenvalue weighted by Gasteiger charge is 2.54. The van der Waals surface area contributed by atoms with Crippen LogP contribution in [0.15, 0.2) is 24.3 Å². The number of hydrogen-bond donors (Lipinski definition) is 1. The number of nitrogens with one attached hydrogen (secondary N) is 1. The normalized spacial score (nSPS) is 20.2. The number of rotatable bonds is 6. The zero-order valence-electron chi connectivity index (χ0n) is 18.4. The number of methoxy groups -OCH3 is 1. The molecule has 2 heterocycles. The fourth-order valence-electron chi connectivity index (χ4n) is 5.14. The average Bonchev–Trinajstić information content (AvgIpc) is 3.19. The molecule has 4 rings (SSSR count). The fourth-order valence-corrected chi connectivity index (χ4v) is 5.85. The molecule has 0 radical (unpaired) electrons. The maximum atomic E-state index is 13.8. The van der Waals surface area contributed by atoms with Crippen molar-refractivity contribution in [3.05, 3.63) is 40.4 Å². The van der Waals surface area contributed by atoms with Crippen molar-refractivity contribution in [1.29, 1.82) is 0 Å². The highest BCUT2D eigenvalue weighted by molar-refractivity contribution is 7.15. The van der Waals surface area contributed by atoms with Crippen molar-refractivity contribution in [2.75, 3.05) is 19.0 Å². The van der Waals surface area contributed by atoms with E-state index in [0.29, 0.717) is 34.8 Å². The number of benzene rings is 1. The number of carbonyl (C=O) groups is 2. The molecular weight excluding hydrogens is 412 g/mol. The monoisotopic (exact) mass is 442 g/mol. The molecule has 8 heteroatoms. The number of hydrogen-bond acceptors (Lipinski definition) is 6. The van der Waals surface area contributed by atoms with Crippen molar-refractivity contribution in [3.8, 4) is 0 Å². The maximum Gasteiger partial charge on any atom is 0.254 e. The van der Waals surface area contributed by atoms with Gasteiger partial charge in [-0.05, 0) is 30.4 Å². The Labute approximate surface area is 187 Å². The van der Waals surface area contributed by atoms with Gasteiger partial charge in [0.15, 0.2) is 0 Å². The van der Waals surface area contributed by atoms with Gasteiger partial charge in [-0.25, -0.2) is 0 Å². The van der Waals surface area contributed by atoms with Crippen LogP contribution in [0, 0.1) is 5.92 Å². The van der Waals surface area contributed by atoms with Gasteiger partial charge in [-0.1, -0.05) is 62.6 Å². The molecule has 1 atom stereocenters. The van der Waals surface area contributed by atoms with E-state index >= 15 is 0 Å². The Balaban J connectivity index is 1.76. The standard InChI is InChI=1S/C23H30N4O3S/c1-15(2)13-27-21(29)17-10-6-5-9-16(17)19(23(27)11-7-4-8-12-23)20(28)24-22-26-25-18(31-22)14-30-3/h5-6,9-10,15,19H,4,7-8,11-14H2,1-3H3,(H,24,26,28)/t19-/m1/s1. The topological polar surface area (TPSA) is 84.4 Å². The largest absolute Gasteiger partial charge is 0.377 e. The van der Waals surface area contributed by atoms with E-state index in [-0.39, 0.29) is 11.8 Å². The van der Waals surface area contributed by atoms with E-state index in [4.69, 9.17) is 4.74 Å². The van der Waals surface area contributed by atoms with Crippen molar-refractivity contribution in [2.24, 2.45) is 5.92 Å². The SMILES string of the molecule is COCc1nnc(NC(=O)[C@H]2c3ccccc3C(=O)N(CC(C)C)C23CCCCC3)s1. The summed E-state index contributed by atoms with van der Waals surface area (Å²) < 4.78 is 5.11. The number of carbonyl (C=O) groups excluding carboxylic acids is 2. The summed E-state index contributed by atoms with van der Waals surface area (Å²) in [7, 11) is 1.60. The van der Waals surface area contributed by atoms with Crippen LogP contribution in [0.25, 0.3) is 0 Å². The molecule has 7 nitrogen and oxygen atoms in total. The van der Waals surface area contributed by atoms with E-state index in [0.717, 1.165) is 37.7 Å². The third-order valence-corrected chi connectivity index (χ3v) is 7.13. The van der Waals surface area contributed by atoms with Gasteiger partial charge in [-0.3, -0.25) is 14.9 Å². The third kappa shape index (κ3) is 4.11. The summed E-state index contributed by atoms with van der Waals surface area (Å²) in [6, 6.07) is 7.59. The lowest BCUT2D eigenvalue weighted by Crippen LogP contribution is -2.62. The second kappa shape index (κ2) is 9.04. The van der Waals surface area contributed by atoms with Crippen molar-refractivity contribution in [1.82, 2.24) is 15.1 Å². The molecule has 1 saturated carbocycles. The van der Waals surface area contributed by atoms with Gasteiger partial charge in [-0.15, -0.1) is 10.2 Å². The number of ether oxygens (including phenoxy) is 1. The first-order valence-electron chi connectivity index (χ1n) is 11.0. The molecular formula is C23H30N4O3S. The van der Waals surface area contributed by atoms with Crippen LogP contribution in [-0.4, -0.2) is 46.1 Å². The predicted molar refractivity (Wildman–Crippen MR) is 120 cm³/mol. The Morgan fingerprint density at radius 2 is 2.00 bits per heavy atom. The van der Waals surface area contributed by atoms with Crippen LogP contribution < -0.4 is 5.32 Å². The van der Waals surface area contributed by atoms with Crippen LogP contribution in [0.5, 0.6) is 0 Å². The summed E-state index contributed by atoms with van der Waals surface area (Å²) in [5.41, 5.74) is 0.961. The summed E-state index contributed by atoms with van der Waals surface area (Å²) in [6.45, 7) is 5.25. The molecule has 1 aliphatic carbocycles. The molecule has 166 valence electrons. The van der Waals surface area contributed by atoms with Crippen molar-refractivity contribution >= 4 is 28.3 Å². The van der Waals surface area contributed by atoms with Crippen molar-refractivity contribution in [2.45, 2.75) is 64.0 Å². The Hall–Kier alpha value is -2.32. The van der Waals surface area contributed by atoms with Crippen LogP contribution >= 0.6 is 11.3 Å². The minimum Gasteiger partial charge on any atom is -0.377 e. The number of fused-ring (bicyclic) bond motifs is 1. The van der Waals surface area contributed by atoms with Gasteiger partial charge in [0, 0.05) is 19.2 Å². The lowest BCUT2D eigenvalue weighted by atomic mass is 9.65. The molecule has 2 aliphatic rings. The van der Waals surface area contributed by atoms with E-state index in [1.54, 1.807) is 7.11 Å². The zero-order valence-corrected chi connectivity index (χ0v) is 19.2. The highest BCUT2D eigenvalue weighted by Crippen LogP contribution is 2.49. The van der Waals surface area contributed by atoms with Gasteiger partial charge >= 0.3 is 0 Å². The van der Waals surface area contributed by atoms with E-state index < -0.39 is 11.5 Å². The van der Waals surface area contributed by atoms with Crippen LogP contribution in [0.3, 0.4) is 0 Å². The van der Waals surface area contributed by atoms with Crippen LogP contribution in [-0.2, 0) is 16.1 Å². The molecule has 1 N–H and O–H groups in total. The summed E-state index contributed by atoms with van der Waals surface area (Å²) >= 11 is 1.32. The lowest BCUT2D eigenvalue weighted by molar-refractivity contribution is -0.122. The molecule has 1 aliphatic heterocycles. The third-order valence-electron chi connectivity index (χ3n) is 6.32. The summed E-state index contributed by atoms with van der Waals surface area (Å²) in [6.07, 6.45) is 4.85. The van der Waals surface area contributed by atoms with E-state index in [1.165, 1.54) is 11.3 Å². The van der Waals surface area contributed by atoms with E-state index in [1.807, 2.05) is 29.2 Å². The Morgan fingerprint density at radius 3 is 2.71 bits per heavy atom. The van der Waals surface area contributed by atoms with Gasteiger partial charge in [0.05, 0.1) is 11.5 Å². The smallest absolute Gasteiger partial charge is 0.254 e. The van der Waals surface area contributed by atoms with Crippen molar-refractivity contribution in [3.63, 3.8) is 0 Å². The molecule has 2 aromatic rings. The predicted octanol–water partition coefficient (Wildman–Crippen LogP) is 4.22. The summed E-state index contributed by atoms with van der Waals surface area (Å²) in [5.74, 6) is -0.184. The van der Waals surface area contributed by atoms with Gasteiger partial charge in [0.1, 0.15) is 11.6 Å². The van der Waals surface area contributed by atoms with Gasteiger partial charge < -0.3 is 9.64 Å². The zero-order chi connectivity index (χ0) is 22.0. The Bertz CT molecular complexity index is 952. The van der Waals surface area contributed by atoms with Crippen LogP contribution in [0.4, 0.5) is 5.13 Å². The molecule has 0 saturated heterocycles. The first kappa shape index (κ1) is 21.9. The molecule has 2 amide bonds. The summed E-state index contributed by atoms with van der Waals surface area (Å²) in [5, 5.41) is 12.4. The Morgan fingerprint density at radius 1 is 1.26 bits per heavy atom. The second-order valence-electron chi connectivity index (χ2n) is 8.92.